The molecule has 344 valence electrons. The molecule has 0 aromatic carbocycles. The average molecular weight is 879 g/mol. The molecule has 18 heteroatoms. The van der Waals surface area contributed by atoms with Crippen LogP contribution in [-0.2, 0) is 33.6 Å². The summed E-state index contributed by atoms with van der Waals surface area (Å²) < 4.78 is 0. The van der Waals surface area contributed by atoms with Crippen molar-refractivity contribution in [2.45, 2.75) is 138 Å². The first-order valence-corrected chi connectivity index (χ1v) is 21.4. The fourth-order valence-corrected chi connectivity index (χ4v) is 11.8. The number of carboxylic acid groups (broad SMARTS) is 5. The number of carboxylic acids is 5. The summed E-state index contributed by atoms with van der Waals surface area (Å²) in [4.78, 5) is 104. The first kappa shape index (κ1) is 48.4. The summed E-state index contributed by atoms with van der Waals surface area (Å²) in [6, 6.07) is -1.07. The molecule has 63 heavy (non-hydrogen) atoms. The van der Waals surface area contributed by atoms with E-state index in [0.29, 0.717) is 45.4 Å². The quantitative estimate of drug-likeness (QED) is 0.0925. The van der Waals surface area contributed by atoms with Crippen LogP contribution in [0.3, 0.4) is 0 Å². The topological polar surface area (TPSA) is 322 Å². The molecule has 0 radical (unpaired) electrons. The SMILES string of the molecule is CC1=C2N=C(C=C3NC(=C(C)C4=N[C@@](C)([C@@H]5N=C1[C@](C)(CCC(=O)O)[C@H]5CC(=O)O)[C@@](C)(CC(N)=O)[C@@H]4CCC(=O)O)[C@@](C)(CC(N)=O)[C@@H]3CCC(=O)O)C(C)(C)[C@@H]2CCC(=O)O. The summed E-state index contributed by atoms with van der Waals surface area (Å²) in [7, 11) is 0. The lowest BCUT2D eigenvalue weighted by atomic mass is 9.55. The van der Waals surface area contributed by atoms with Gasteiger partial charge in [0.1, 0.15) is 0 Å². The van der Waals surface area contributed by atoms with E-state index in [1.54, 1.807) is 47.6 Å². The molecule has 0 saturated carbocycles. The third-order valence-electron chi connectivity index (χ3n) is 15.3. The van der Waals surface area contributed by atoms with Gasteiger partial charge in [-0.3, -0.25) is 48.5 Å². The normalized spacial score (nSPS) is 33.0. The number of nitrogens with two attached hydrogens (primary N) is 2. The number of rotatable bonds is 18. The molecule has 5 rings (SSSR count). The van der Waals surface area contributed by atoms with E-state index in [4.69, 9.17) is 26.4 Å². The first-order chi connectivity index (χ1) is 29.0. The van der Waals surface area contributed by atoms with Gasteiger partial charge in [-0.2, -0.15) is 0 Å². The number of primary amides is 2. The van der Waals surface area contributed by atoms with Crippen LogP contribution in [0.1, 0.15) is 126 Å². The van der Waals surface area contributed by atoms with Crippen LogP contribution in [0.4, 0.5) is 0 Å². The average Bonchev–Trinajstić information content (AvgIpc) is 3.75. The van der Waals surface area contributed by atoms with Gasteiger partial charge in [0.2, 0.25) is 11.8 Å². The zero-order chi connectivity index (χ0) is 47.4. The van der Waals surface area contributed by atoms with Crippen LogP contribution in [0.5, 0.6) is 0 Å². The van der Waals surface area contributed by atoms with Crippen molar-refractivity contribution in [1.82, 2.24) is 5.32 Å². The summed E-state index contributed by atoms with van der Waals surface area (Å²) in [6.07, 6.45) is -0.470. The van der Waals surface area contributed by atoms with Crippen molar-refractivity contribution in [3.05, 3.63) is 34.3 Å². The number of aliphatic imine (C=N–C) groups is 3. The number of carbonyl (C=O) groups is 7. The number of fused-ring (bicyclic) bond motifs is 6. The molecular weight excluding hydrogens is 817 g/mol. The van der Waals surface area contributed by atoms with E-state index in [0.717, 1.165) is 0 Å². The fraction of sp³-hybridized carbons (Fsp3) is 0.644. The molecule has 1 fully saturated rings. The lowest BCUT2D eigenvalue weighted by molar-refractivity contribution is -0.140. The highest BCUT2D eigenvalue weighted by molar-refractivity contribution is 6.10. The highest BCUT2D eigenvalue weighted by Gasteiger charge is 2.66. The summed E-state index contributed by atoms with van der Waals surface area (Å²) in [5.41, 5.74) is 9.44. The van der Waals surface area contributed by atoms with Gasteiger partial charge < -0.3 is 42.3 Å². The standard InChI is InChI=1S/C45H62N6O12/c1-21-36-24(10-13-32(56)57)41(3,4)28(49-36)18-27-23(9-12-31(54)55)43(6,19-29(46)52)39(48-27)22(2)37-25(11-14-33(58)59)44(7,20-30(47)53)45(8,51-37)40-26(17-35(62)63)42(5,38(21)50-40)16-15-34(60)61/h18,23-26,40,48H,9-17,19-20H2,1-8H3,(H2,46,52)(H2,47,53)(H,54,55)(H,56,57)(H,58,59)(H,60,61)(H,62,63)/t23-,24-,25-,26+,40-,42-,43+,44+,45+/m1/s1. The second-order valence-electron chi connectivity index (χ2n) is 19.6. The molecule has 0 spiro atoms. The molecule has 5 aliphatic rings. The van der Waals surface area contributed by atoms with Crippen molar-refractivity contribution in [3.63, 3.8) is 0 Å². The predicted molar refractivity (Wildman–Crippen MR) is 231 cm³/mol. The Morgan fingerprint density at radius 3 is 1.71 bits per heavy atom. The van der Waals surface area contributed by atoms with Gasteiger partial charge in [0.05, 0.1) is 18.0 Å². The highest BCUT2D eigenvalue weighted by atomic mass is 16.4. The minimum Gasteiger partial charge on any atom is -0.481 e. The Bertz CT molecular complexity index is 2220. The van der Waals surface area contributed by atoms with E-state index in [1.807, 2.05) is 13.8 Å². The Hall–Kier alpha value is -5.68. The van der Waals surface area contributed by atoms with Crippen LogP contribution in [-0.4, -0.2) is 95.9 Å². The number of nitrogens with one attached hydrogen (secondary N) is 1. The minimum atomic E-state index is -1.52. The molecule has 18 nitrogen and oxygen atoms in total. The lowest BCUT2D eigenvalue weighted by Gasteiger charge is -2.48. The summed E-state index contributed by atoms with van der Waals surface area (Å²) in [5, 5.41) is 54.2. The first-order valence-electron chi connectivity index (χ1n) is 21.4. The summed E-state index contributed by atoms with van der Waals surface area (Å²) in [6.45, 7) is 14.4. The maximum absolute atomic E-state index is 13.3. The maximum atomic E-state index is 13.3. The molecule has 0 aliphatic carbocycles. The highest BCUT2D eigenvalue weighted by Crippen LogP contribution is 2.62. The van der Waals surface area contributed by atoms with Crippen molar-refractivity contribution in [3.8, 4) is 0 Å². The van der Waals surface area contributed by atoms with Gasteiger partial charge in [-0.25, -0.2) is 0 Å². The lowest BCUT2D eigenvalue weighted by Crippen LogP contribution is -2.55. The fourth-order valence-electron chi connectivity index (χ4n) is 11.8. The Kier molecular flexibility index (Phi) is 13.1. The third kappa shape index (κ3) is 8.56. The van der Waals surface area contributed by atoms with Crippen molar-refractivity contribution in [1.29, 1.82) is 0 Å². The van der Waals surface area contributed by atoms with Crippen LogP contribution < -0.4 is 16.8 Å². The van der Waals surface area contributed by atoms with E-state index < -0.39 is 105 Å². The second kappa shape index (κ2) is 17.1. The number of aliphatic carboxylic acids is 5. The van der Waals surface area contributed by atoms with Gasteiger partial charge in [0, 0.05) is 118 Å². The zero-order valence-corrected chi connectivity index (χ0v) is 37.3. The number of nitrogens with zero attached hydrogens (tertiary/aromatic N) is 3. The van der Waals surface area contributed by atoms with Crippen molar-refractivity contribution in [2.24, 2.45) is 71.8 Å². The van der Waals surface area contributed by atoms with E-state index in [9.17, 15) is 59.1 Å². The largest absolute Gasteiger partial charge is 0.481 e. The Balaban J connectivity index is 2.03. The van der Waals surface area contributed by atoms with E-state index >= 15 is 0 Å². The molecule has 10 N–H and O–H groups in total. The van der Waals surface area contributed by atoms with Crippen molar-refractivity contribution >= 4 is 58.8 Å². The van der Waals surface area contributed by atoms with Gasteiger partial charge in [0.25, 0.3) is 0 Å². The molecule has 5 aliphatic heterocycles. The van der Waals surface area contributed by atoms with E-state index in [-0.39, 0.29) is 64.2 Å². The van der Waals surface area contributed by atoms with Gasteiger partial charge in [-0.1, -0.05) is 34.6 Å². The van der Waals surface area contributed by atoms with Crippen LogP contribution in [0.15, 0.2) is 49.3 Å². The minimum absolute atomic E-state index is 0.0433. The molecule has 9 atom stereocenters. The monoisotopic (exact) mass is 878 g/mol. The third-order valence-corrected chi connectivity index (χ3v) is 15.3. The molecule has 1 saturated heterocycles. The van der Waals surface area contributed by atoms with Gasteiger partial charge in [-0.15, -0.1) is 0 Å². The van der Waals surface area contributed by atoms with Crippen LogP contribution in [0.2, 0.25) is 0 Å². The number of amides is 2. The Labute approximate surface area is 366 Å². The van der Waals surface area contributed by atoms with Crippen LogP contribution in [0.25, 0.3) is 0 Å². The van der Waals surface area contributed by atoms with E-state index in [1.165, 1.54) is 0 Å². The summed E-state index contributed by atoms with van der Waals surface area (Å²) in [5.74, 6) is -10.0. The van der Waals surface area contributed by atoms with Crippen LogP contribution in [0, 0.1) is 45.3 Å². The molecule has 0 unspecified atom stereocenters. The number of allylic oxidation sites excluding steroid dienone is 6. The van der Waals surface area contributed by atoms with Gasteiger partial charge in [0.15, 0.2) is 0 Å². The number of carbonyl (C=O) groups excluding carboxylic acids is 2. The zero-order valence-electron chi connectivity index (χ0n) is 37.3. The molecule has 2 amide bonds. The molecule has 0 aromatic heterocycles. The maximum Gasteiger partial charge on any atom is 0.303 e. The Morgan fingerprint density at radius 1 is 0.683 bits per heavy atom. The second-order valence-corrected chi connectivity index (χ2v) is 19.6. The number of hydrogen-bond acceptors (Lipinski definition) is 11. The Morgan fingerprint density at radius 2 is 1.21 bits per heavy atom. The van der Waals surface area contributed by atoms with Crippen molar-refractivity contribution < 1.29 is 59.1 Å². The smallest absolute Gasteiger partial charge is 0.303 e. The van der Waals surface area contributed by atoms with E-state index in [2.05, 4.69) is 5.32 Å². The molecular formula is C45H62N6O12. The van der Waals surface area contributed by atoms with Gasteiger partial charge >= 0.3 is 29.8 Å². The molecule has 8 bridgehead atoms. The molecule has 0 aromatic rings. The van der Waals surface area contributed by atoms with Crippen LogP contribution >= 0.6 is 0 Å². The predicted octanol–water partition coefficient (Wildman–Crippen LogP) is 4.72. The molecule has 5 heterocycles. The van der Waals surface area contributed by atoms with Crippen molar-refractivity contribution in [2.75, 3.05) is 0 Å². The van der Waals surface area contributed by atoms with Gasteiger partial charge in [-0.05, 0) is 63.7 Å². The number of hydrogen-bond donors (Lipinski definition) is 8. The summed E-state index contributed by atoms with van der Waals surface area (Å²) >= 11 is 0.